The minimum Gasteiger partial charge on any atom is -0.336 e. The van der Waals surface area contributed by atoms with Crippen LogP contribution in [0, 0.1) is 0 Å². The second-order valence-electron chi connectivity index (χ2n) is 8.30. The molecule has 0 unspecified atom stereocenters. The normalized spacial score (nSPS) is 18.8. The largest absolute Gasteiger partial charge is 0.336 e. The second kappa shape index (κ2) is 8.90. The van der Waals surface area contributed by atoms with Crippen molar-refractivity contribution in [3.05, 3.63) is 46.7 Å². The van der Waals surface area contributed by atoms with E-state index in [4.69, 9.17) is 11.6 Å². The Hall–Kier alpha value is -1.94. The fourth-order valence-electron chi connectivity index (χ4n) is 4.27. The Labute approximate surface area is 188 Å². The Balaban J connectivity index is 1.52. The maximum absolute atomic E-state index is 13.3. The van der Waals surface area contributed by atoms with E-state index in [9.17, 15) is 13.2 Å². The molecule has 1 amide bonds. The van der Waals surface area contributed by atoms with Gasteiger partial charge >= 0.3 is 0 Å². The highest BCUT2D eigenvalue weighted by atomic mass is 35.5. The van der Waals surface area contributed by atoms with Crippen molar-refractivity contribution in [3.8, 4) is 5.69 Å². The molecule has 8 nitrogen and oxygen atoms in total. The van der Waals surface area contributed by atoms with Gasteiger partial charge in [-0.2, -0.15) is 22.1 Å². The molecule has 0 saturated carbocycles. The van der Waals surface area contributed by atoms with Gasteiger partial charge in [0.25, 0.3) is 16.1 Å². The van der Waals surface area contributed by atoms with Crippen LogP contribution in [0.3, 0.4) is 0 Å². The van der Waals surface area contributed by atoms with Crippen LogP contribution < -0.4 is 0 Å². The maximum atomic E-state index is 13.3. The number of hydrogen-bond donors (Lipinski definition) is 0. The van der Waals surface area contributed by atoms with Gasteiger partial charge in [0.05, 0.1) is 23.1 Å². The van der Waals surface area contributed by atoms with Crippen LogP contribution >= 0.6 is 11.6 Å². The molecule has 2 aliphatic rings. The molecule has 31 heavy (non-hydrogen) atoms. The summed E-state index contributed by atoms with van der Waals surface area (Å²) in [4.78, 5) is 15.0. The van der Waals surface area contributed by atoms with Crippen molar-refractivity contribution in [2.45, 2.75) is 32.6 Å². The van der Waals surface area contributed by atoms with Gasteiger partial charge in [0, 0.05) is 44.3 Å². The van der Waals surface area contributed by atoms with Crippen molar-refractivity contribution in [1.82, 2.24) is 23.3 Å². The van der Waals surface area contributed by atoms with E-state index in [0.717, 1.165) is 24.2 Å². The van der Waals surface area contributed by atoms with Gasteiger partial charge in [-0.05, 0) is 37.0 Å². The molecule has 1 aromatic heterocycles. The zero-order valence-corrected chi connectivity index (χ0v) is 19.4. The van der Waals surface area contributed by atoms with Crippen LogP contribution in [-0.4, -0.2) is 76.9 Å². The summed E-state index contributed by atoms with van der Waals surface area (Å²) in [6.45, 7) is 6.57. The zero-order chi connectivity index (χ0) is 22.2. The minimum atomic E-state index is -3.43. The van der Waals surface area contributed by atoms with Crippen molar-refractivity contribution >= 4 is 27.7 Å². The smallest absolute Gasteiger partial charge is 0.282 e. The third kappa shape index (κ3) is 4.37. The van der Waals surface area contributed by atoms with Crippen LogP contribution in [-0.2, 0) is 10.2 Å². The first-order valence-corrected chi connectivity index (χ1v) is 12.4. The number of aromatic nitrogens is 2. The van der Waals surface area contributed by atoms with Crippen LogP contribution in [0.2, 0.25) is 5.02 Å². The van der Waals surface area contributed by atoms with E-state index < -0.39 is 10.2 Å². The number of piperazine rings is 1. The molecule has 0 bridgehead atoms. The van der Waals surface area contributed by atoms with Crippen molar-refractivity contribution in [1.29, 1.82) is 0 Å². The van der Waals surface area contributed by atoms with Crippen LogP contribution in [0.5, 0.6) is 0 Å². The van der Waals surface area contributed by atoms with Crippen molar-refractivity contribution in [2.24, 2.45) is 0 Å². The summed E-state index contributed by atoms with van der Waals surface area (Å²) in [5.74, 6) is -0.0486. The summed E-state index contributed by atoms with van der Waals surface area (Å²) in [7, 11) is -3.43. The van der Waals surface area contributed by atoms with E-state index in [0.29, 0.717) is 49.9 Å². The number of rotatable bonds is 5. The zero-order valence-electron chi connectivity index (χ0n) is 17.9. The molecule has 2 aromatic rings. The Kier molecular flexibility index (Phi) is 6.39. The highest BCUT2D eigenvalue weighted by Gasteiger charge is 2.35. The van der Waals surface area contributed by atoms with Crippen LogP contribution in [0.15, 0.2) is 30.5 Å². The van der Waals surface area contributed by atoms with E-state index in [-0.39, 0.29) is 11.8 Å². The average molecular weight is 466 g/mol. The molecule has 0 aliphatic carbocycles. The lowest BCUT2D eigenvalue weighted by molar-refractivity contribution is 0.0693. The van der Waals surface area contributed by atoms with E-state index in [1.165, 1.54) is 4.31 Å². The molecule has 168 valence electrons. The number of benzene rings is 1. The first-order chi connectivity index (χ1) is 14.8. The molecule has 2 fully saturated rings. The van der Waals surface area contributed by atoms with Gasteiger partial charge in [-0.25, -0.2) is 4.68 Å². The summed E-state index contributed by atoms with van der Waals surface area (Å²) in [5, 5.41) is 5.07. The SMILES string of the molecule is CC(C)c1c(C(=O)N2CCN(S(=O)(=O)N3CCCC3)CC2)cnn1-c1cccc(Cl)c1. The molecule has 0 N–H and O–H groups in total. The number of carbonyl (C=O) groups is 1. The van der Waals surface area contributed by atoms with Gasteiger partial charge in [0.15, 0.2) is 0 Å². The molecule has 0 radical (unpaired) electrons. The first kappa shape index (κ1) is 22.3. The highest BCUT2D eigenvalue weighted by Crippen LogP contribution is 2.26. The third-order valence-electron chi connectivity index (χ3n) is 5.88. The van der Waals surface area contributed by atoms with Gasteiger partial charge in [-0.3, -0.25) is 4.79 Å². The number of hydrogen-bond acceptors (Lipinski definition) is 4. The molecule has 3 heterocycles. The number of amides is 1. The predicted octanol–water partition coefficient (Wildman–Crippen LogP) is 2.75. The Morgan fingerprint density at radius 2 is 1.68 bits per heavy atom. The van der Waals surface area contributed by atoms with Gasteiger partial charge in [-0.1, -0.05) is 31.5 Å². The molecule has 10 heteroatoms. The fourth-order valence-corrected chi connectivity index (χ4v) is 6.12. The molecule has 4 rings (SSSR count). The second-order valence-corrected chi connectivity index (χ2v) is 10.7. The lowest BCUT2D eigenvalue weighted by atomic mass is 10.0. The van der Waals surface area contributed by atoms with E-state index >= 15 is 0 Å². The fraction of sp³-hybridized carbons (Fsp3) is 0.524. The van der Waals surface area contributed by atoms with Crippen LogP contribution in [0.4, 0.5) is 0 Å². The van der Waals surface area contributed by atoms with Crippen molar-refractivity contribution in [2.75, 3.05) is 39.3 Å². The topological polar surface area (TPSA) is 78.8 Å². The van der Waals surface area contributed by atoms with Gasteiger partial charge in [-0.15, -0.1) is 0 Å². The minimum absolute atomic E-state index is 0.0669. The van der Waals surface area contributed by atoms with Crippen molar-refractivity contribution < 1.29 is 13.2 Å². The highest BCUT2D eigenvalue weighted by molar-refractivity contribution is 7.86. The predicted molar refractivity (Wildman–Crippen MR) is 120 cm³/mol. The number of halogens is 1. The van der Waals surface area contributed by atoms with E-state index in [1.54, 1.807) is 26.2 Å². The van der Waals surface area contributed by atoms with Crippen LogP contribution in [0.1, 0.15) is 48.7 Å². The van der Waals surface area contributed by atoms with Gasteiger partial charge < -0.3 is 4.90 Å². The lowest BCUT2D eigenvalue weighted by Crippen LogP contribution is -2.53. The average Bonchev–Trinajstić information content (AvgIpc) is 3.44. The summed E-state index contributed by atoms with van der Waals surface area (Å²) >= 11 is 6.14. The molecule has 1 aromatic carbocycles. The monoisotopic (exact) mass is 465 g/mol. The van der Waals surface area contributed by atoms with Crippen LogP contribution in [0.25, 0.3) is 5.69 Å². The van der Waals surface area contributed by atoms with Gasteiger partial charge in [0.1, 0.15) is 0 Å². The molecule has 0 spiro atoms. The Bertz CT molecular complexity index is 1050. The standard InChI is InChI=1S/C21H28ClN5O3S/c1-16(2)20-19(15-23-27(20)18-7-5-6-17(22)14-18)21(28)24-10-12-26(13-11-24)31(29,30)25-8-3-4-9-25/h5-7,14-16H,3-4,8-13H2,1-2H3. The first-order valence-electron chi connectivity index (χ1n) is 10.7. The molecular weight excluding hydrogens is 438 g/mol. The maximum Gasteiger partial charge on any atom is 0.282 e. The molecule has 2 saturated heterocycles. The quantitative estimate of drug-likeness (QED) is 0.680. The van der Waals surface area contributed by atoms with E-state index in [2.05, 4.69) is 5.10 Å². The van der Waals surface area contributed by atoms with Crippen molar-refractivity contribution in [3.63, 3.8) is 0 Å². The van der Waals surface area contributed by atoms with Gasteiger partial charge in [0.2, 0.25) is 0 Å². The lowest BCUT2D eigenvalue weighted by Gasteiger charge is -2.35. The Morgan fingerprint density at radius 1 is 1.03 bits per heavy atom. The summed E-state index contributed by atoms with van der Waals surface area (Å²) in [5.41, 5.74) is 2.17. The molecular formula is C21H28ClN5O3S. The Morgan fingerprint density at radius 3 is 2.29 bits per heavy atom. The molecule has 2 aliphatic heterocycles. The third-order valence-corrected chi connectivity index (χ3v) is 8.15. The summed E-state index contributed by atoms with van der Waals surface area (Å²) < 4.78 is 30.4. The summed E-state index contributed by atoms with van der Waals surface area (Å²) in [6.07, 6.45) is 3.42. The van der Waals surface area contributed by atoms with E-state index in [1.807, 2.05) is 32.0 Å². The number of nitrogens with zero attached hydrogens (tertiary/aromatic N) is 5. The number of carbonyl (C=O) groups excluding carboxylic acids is 1. The molecule has 0 atom stereocenters. The summed E-state index contributed by atoms with van der Waals surface area (Å²) in [6, 6.07) is 7.37.